The Morgan fingerprint density at radius 1 is 1.20 bits per heavy atom. The molecule has 0 bridgehead atoms. The van der Waals surface area contributed by atoms with Crippen LogP contribution in [0.5, 0.6) is 5.75 Å². The van der Waals surface area contributed by atoms with Crippen LogP contribution < -0.4 is 15.4 Å². The Kier molecular flexibility index (Phi) is 9.21. The van der Waals surface area contributed by atoms with E-state index in [9.17, 15) is 0 Å². The summed E-state index contributed by atoms with van der Waals surface area (Å²) in [5, 5.41) is 7.17. The predicted octanol–water partition coefficient (Wildman–Crippen LogP) is 2.35. The van der Waals surface area contributed by atoms with Crippen molar-refractivity contribution in [2.45, 2.75) is 13.0 Å². The molecule has 2 heterocycles. The van der Waals surface area contributed by atoms with Gasteiger partial charge >= 0.3 is 0 Å². The number of morpholine rings is 1. The van der Waals surface area contributed by atoms with E-state index < -0.39 is 0 Å². The summed E-state index contributed by atoms with van der Waals surface area (Å²) in [5.74, 6) is 1.65. The van der Waals surface area contributed by atoms with Gasteiger partial charge in [-0.15, -0.1) is 0 Å². The second kappa shape index (κ2) is 12.4. The maximum Gasteiger partial charge on any atom is 0.191 e. The van der Waals surface area contributed by atoms with Crippen molar-refractivity contribution < 1.29 is 9.47 Å². The van der Waals surface area contributed by atoms with Gasteiger partial charge in [-0.05, 0) is 35.7 Å². The molecule has 0 atom stereocenters. The lowest BCUT2D eigenvalue weighted by Crippen LogP contribution is -2.38. The van der Waals surface area contributed by atoms with Crippen molar-refractivity contribution in [3.63, 3.8) is 0 Å². The fourth-order valence-electron chi connectivity index (χ4n) is 3.15. The smallest absolute Gasteiger partial charge is 0.191 e. The fraction of sp³-hybridized carbons (Fsp3) is 0.455. The molecule has 1 aromatic carbocycles. The summed E-state index contributed by atoms with van der Waals surface area (Å²) < 4.78 is 11.3. The number of benzene rings is 1. The molecule has 0 radical (unpaired) electrons. The first kappa shape index (κ1) is 22.3. The Bertz CT molecular complexity index is 794. The summed E-state index contributed by atoms with van der Waals surface area (Å²) in [6.07, 6.45) is 2.64. The zero-order chi connectivity index (χ0) is 21.0. The van der Waals surface area contributed by atoms with Crippen molar-refractivity contribution in [2.24, 2.45) is 4.99 Å². The number of rotatable bonds is 9. The van der Waals surface area contributed by atoms with Crippen LogP contribution in [0.3, 0.4) is 0 Å². The van der Waals surface area contributed by atoms with Crippen LogP contribution in [0.1, 0.15) is 11.1 Å². The highest BCUT2D eigenvalue weighted by molar-refractivity contribution is 6.29. The van der Waals surface area contributed by atoms with Crippen LogP contribution in [0.2, 0.25) is 5.15 Å². The molecule has 2 N–H and O–H groups in total. The highest BCUT2D eigenvalue weighted by atomic mass is 35.5. The van der Waals surface area contributed by atoms with Crippen LogP contribution in [0, 0.1) is 0 Å². The summed E-state index contributed by atoms with van der Waals surface area (Å²) >= 11 is 5.82. The molecule has 1 saturated heterocycles. The molecule has 1 aliphatic rings. The molecule has 0 saturated carbocycles. The van der Waals surface area contributed by atoms with E-state index in [2.05, 4.69) is 37.6 Å². The average Bonchev–Trinajstić information content (AvgIpc) is 2.78. The quantitative estimate of drug-likeness (QED) is 0.361. The number of pyridine rings is 1. The molecule has 1 aromatic heterocycles. The van der Waals surface area contributed by atoms with Crippen LogP contribution in [-0.2, 0) is 17.7 Å². The normalized spacial score (nSPS) is 15.1. The van der Waals surface area contributed by atoms with Crippen molar-refractivity contribution in [3.8, 4) is 5.75 Å². The molecule has 30 heavy (non-hydrogen) atoms. The van der Waals surface area contributed by atoms with Gasteiger partial charge in [0.25, 0.3) is 0 Å². The Hall–Kier alpha value is -2.35. The lowest BCUT2D eigenvalue weighted by molar-refractivity contribution is 0.0322. The summed E-state index contributed by atoms with van der Waals surface area (Å²) in [6, 6.07) is 12.0. The number of aliphatic imine (C=N–C) groups is 1. The molecule has 0 spiro atoms. The van der Waals surface area contributed by atoms with Gasteiger partial charge in [-0.1, -0.05) is 29.8 Å². The number of halogens is 1. The van der Waals surface area contributed by atoms with E-state index in [-0.39, 0.29) is 0 Å². The minimum atomic E-state index is 0.511. The largest absolute Gasteiger partial charge is 0.492 e. The average molecular weight is 432 g/mol. The standard InChI is InChI=1S/C22H30ClN5O2/c1-24-22(25-8-7-18-5-6-21(23)26-16-18)27-17-19-3-2-4-20(15-19)30-14-11-28-9-12-29-13-10-28/h2-6,15-16H,7-14,17H2,1H3,(H2,24,25,27). The first-order chi connectivity index (χ1) is 14.7. The summed E-state index contributed by atoms with van der Waals surface area (Å²) in [4.78, 5) is 10.7. The van der Waals surface area contributed by atoms with Gasteiger partial charge in [-0.25, -0.2) is 4.98 Å². The van der Waals surface area contributed by atoms with E-state index >= 15 is 0 Å². The van der Waals surface area contributed by atoms with Gasteiger partial charge < -0.3 is 20.1 Å². The van der Waals surface area contributed by atoms with E-state index in [1.807, 2.05) is 18.2 Å². The second-order valence-electron chi connectivity index (χ2n) is 7.04. The van der Waals surface area contributed by atoms with Gasteiger partial charge in [0, 0.05) is 46.0 Å². The second-order valence-corrected chi connectivity index (χ2v) is 7.43. The summed E-state index contributed by atoms with van der Waals surface area (Å²) in [7, 11) is 1.77. The highest BCUT2D eigenvalue weighted by Crippen LogP contribution is 2.13. The lowest BCUT2D eigenvalue weighted by atomic mass is 10.2. The van der Waals surface area contributed by atoms with Crippen LogP contribution in [0.4, 0.5) is 0 Å². The lowest BCUT2D eigenvalue weighted by Gasteiger charge is -2.26. The minimum absolute atomic E-state index is 0.511. The maximum absolute atomic E-state index is 5.93. The van der Waals surface area contributed by atoms with Crippen molar-refractivity contribution in [3.05, 3.63) is 58.9 Å². The molecular weight excluding hydrogens is 402 g/mol. The van der Waals surface area contributed by atoms with Crippen LogP contribution in [-0.4, -0.2) is 68.9 Å². The van der Waals surface area contributed by atoms with Crippen molar-refractivity contribution in [1.82, 2.24) is 20.5 Å². The molecular formula is C22H30ClN5O2. The van der Waals surface area contributed by atoms with Crippen LogP contribution in [0.25, 0.3) is 0 Å². The molecule has 7 nitrogen and oxygen atoms in total. The van der Waals surface area contributed by atoms with Crippen LogP contribution in [0.15, 0.2) is 47.6 Å². The third kappa shape index (κ3) is 7.82. The van der Waals surface area contributed by atoms with E-state index in [0.717, 1.165) is 68.6 Å². The van der Waals surface area contributed by atoms with Gasteiger partial charge in [-0.2, -0.15) is 0 Å². The third-order valence-corrected chi connectivity index (χ3v) is 5.08. The maximum atomic E-state index is 5.93. The molecule has 0 unspecified atom stereocenters. The molecule has 1 aliphatic heterocycles. The predicted molar refractivity (Wildman–Crippen MR) is 120 cm³/mol. The molecule has 3 rings (SSSR count). The minimum Gasteiger partial charge on any atom is -0.492 e. The Morgan fingerprint density at radius 2 is 2.07 bits per heavy atom. The van der Waals surface area contributed by atoms with Gasteiger partial charge in [0.15, 0.2) is 5.96 Å². The number of nitrogens with one attached hydrogen (secondary N) is 2. The summed E-state index contributed by atoms with van der Waals surface area (Å²) in [6.45, 7) is 6.61. The number of hydrogen-bond acceptors (Lipinski definition) is 5. The van der Waals surface area contributed by atoms with Crippen molar-refractivity contribution in [2.75, 3.05) is 53.0 Å². The number of ether oxygens (including phenoxy) is 2. The van der Waals surface area contributed by atoms with E-state index in [0.29, 0.717) is 18.3 Å². The third-order valence-electron chi connectivity index (χ3n) is 4.86. The van der Waals surface area contributed by atoms with Crippen molar-refractivity contribution in [1.29, 1.82) is 0 Å². The molecule has 0 amide bonds. The monoisotopic (exact) mass is 431 g/mol. The number of aromatic nitrogens is 1. The summed E-state index contributed by atoms with van der Waals surface area (Å²) in [5.41, 5.74) is 2.27. The van der Waals surface area contributed by atoms with Crippen molar-refractivity contribution >= 4 is 17.6 Å². The Balaban J connectivity index is 1.38. The number of guanidine groups is 1. The SMILES string of the molecule is CN=C(NCCc1ccc(Cl)nc1)NCc1cccc(OCCN2CCOCC2)c1. The first-order valence-electron chi connectivity index (χ1n) is 10.3. The number of nitrogens with zero attached hydrogens (tertiary/aromatic N) is 3. The van der Waals surface area contributed by atoms with E-state index in [1.165, 1.54) is 0 Å². The van der Waals surface area contributed by atoms with Gasteiger partial charge in [-0.3, -0.25) is 9.89 Å². The molecule has 2 aromatic rings. The van der Waals surface area contributed by atoms with E-state index in [4.69, 9.17) is 21.1 Å². The molecule has 0 aliphatic carbocycles. The van der Waals surface area contributed by atoms with Gasteiger partial charge in [0.2, 0.25) is 0 Å². The molecule has 162 valence electrons. The Labute approximate surface area is 183 Å². The molecule has 8 heteroatoms. The number of hydrogen-bond donors (Lipinski definition) is 2. The van der Waals surface area contributed by atoms with Crippen LogP contribution >= 0.6 is 11.6 Å². The highest BCUT2D eigenvalue weighted by Gasteiger charge is 2.09. The topological polar surface area (TPSA) is 71.0 Å². The van der Waals surface area contributed by atoms with Gasteiger partial charge in [0.05, 0.1) is 13.2 Å². The molecule has 1 fully saturated rings. The Morgan fingerprint density at radius 3 is 2.83 bits per heavy atom. The first-order valence-corrected chi connectivity index (χ1v) is 10.7. The zero-order valence-corrected chi connectivity index (χ0v) is 18.2. The fourth-order valence-corrected chi connectivity index (χ4v) is 3.26. The van der Waals surface area contributed by atoms with Gasteiger partial charge in [0.1, 0.15) is 17.5 Å². The zero-order valence-electron chi connectivity index (χ0n) is 17.4. The van der Waals surface area contributed by atoms with E-state index in [1.54, 1.807) is 19.3 Å².